The van der Waals surface area contributed by atoms with Crippen LogP contribution in [0.5, 0.6) is 11.6 Å². The third-order valence-corrected chi connectivity index (χ3v) is 3.09. The minimum absolute atomic E-state index is 0.0290. The van der Waals surface area contributed by atoms with Crippen molar-refractivity contribution in [1.29, 1.82) is 0 Å². The number of anilines is 2. The van der Waals surface area contributed by atoms with Gasteiger partial charge in [0.05, 0.1) is 13.2 Å². The third-order valence-electron chi connectivity index (χ3n) is 3.09. The van der Waals surface area contributed by atoms with Crippen molar-refractivity contribution in [2.24, 2.45) is 0 Å². The van der Waals surface area contributed by atoms with Gasteiger partial charge in [0, 0.05) is 11.9 Å². The molecule has 1 aromatic carbocycles. The van der Waals surface area contributed by atoms with Crippen molar-refractivity contribution in [1.82, 2.24) is 9.97 Å². The zero-order valence-corrected chi connectivity index (χ0v) is 14.1. The Kier molecular flexibility index (Phi) is 6.44. The maximum absolute atomic E-state index is 13.0. The van der Waals surface area contributed by atoms with E-state index in [4.69, 9.17) is 9.47 Å². The summed E-state index contributed by atoms with van der Waals surface area (Å²) in [5.41, 5.74) is -0.361. The predicted octanol–water partition coefficient (Wildman–Crippen LogP) is 4.82. The molecular weight excluding hydrogens is 335 g/mol. The van der Waals surface area contributed by atoms with Crippen LogP contribution in [-0.4, -0.2) is 23.2 Å². The molecule has 25 heavy (non-hydrogen) atoms. The maximum Gasteiger partial charge on any atom is 0.423 e. The van der Waals surface area contributed by atoms with Gasteiger partial charge in [-0.05, 0) is 37.1 Å². The Bertz CT molecular complexity index is 676. The number of aromatic nitrogens is 2. The topological polar surface area (TPSA) is 56.3 Å². The highest BCUT2D eigenvalue weighted by Gasteiger charge is 2.36. The van der Waals surface area contributed by atoms with Crippen LogP contribution >= 0.6 is 0 Å². The van der Waals surface area contributed by atoms with Crippen molar-refractivity contribution in [2.75, 3.05) is 18.5 Å². The molecule has 0 spiro atoms. The van der Waals surface area contributed by atoms with Crippen LogP contribution in [0.1, 0.15) is 32.3 Å². The summed E-state index contributed by atoms with van der Waals surface area (Å²) in [7, 11) is 0. The van der Waals surface area contributed by atoms with E-state index in [1.54, 1.807) is 31.2 Å². The molecule has 136 valence electrons. The van der Waals surface area contributed by atoms with Gasteiger partial charge in [-0.1, -0.05) is 13.8 Å². The Morgan fingerprint density at radius 1 is 1.00 bits per heavy atom. The number of nitrogens with zero attached hydrogens (tertiary/aromatic N) is 2. The molecule has 0 saturated heterocycles. The number of benzene rings is 1. The lowest BCUT2D eigenvalue weighted by atomic mass is 10.3. The molecule has 1 N–H and O–H groups in total. The smallest absolute Gasteiger partial charge is 0.423 e. The number of ether oxygens (including phenoxy) is 2. The average Bonchev–Trinajstić information content (AvgIpc) is 2.58. The number of alkyl halides is 3. The molecule has 0 fully saturated rings. The van der Waals surface area contributed by atoms with Crippen molar-refractivity contribution >= 4 is 11.6 Å². The van der Waals surface area contributed by atoms with Crippen LogP contribution in [0, 0.1) is 0 Å². The van der Waals surface area contributed by atoms with Crippen molar-refractivity contribution in [3.63, 3.8) is 0 Å². The van der Waals surface area contributed by atoms with Crippen LogP contribution in [-0.2, 0) is 6.18 Å². The lowest BCUT2D eigenvalue weighted by molar-refractivity contribution is -0.139. The molecule has 0 radical (unpaired) electrons. The van der Waals surface area contributed by atoms with Gasteiger partial charge in [0.1, 0.15) is 11.3 Å². The summed E-state index contributed by atoms with van der Waals surface area (Å²) >= 11 is 0. The fourth-order valence-corrected chi connectivity index (χ4v) is 1.91. The molecule has 1 aromatic heterocycles. The lowest BCUT2D eigenvalue weighted by Gasteiger charge is -2.14. The SMILES string of the molecule is CCCOc1ccc(Nc2ncc(C(F)(F)F)c(OCCC)n2)cc1. The van der Waals surface area contributed by atoms with E-state index >= 15 is 0 Å². The Morgan fingerprint density at radius 3 is 2.24 bits per heavy atom. The van der Waals surface area contributed by atoms with E-state index in [1.165, 1.54) is 0 Å². The Morgan fingerprint density at radius 2 is 1.64 bits per heavy atom. The van der Waals surface area contributed by atoms with Gasteiger partial charge < -0.3 is 14.8 Å². The number of halogens is 3. The first kappa shape index (κ1) is 18.8. The van der Waals surface area contributed by atoms with E-state index in [0.717, 1.165) is 12.6 Å². The van der Waals surface area contributed by atoms with E-state index in [9.17, 15) is 13.2 Å². The first-order valence-electron chi connectivity index (χ1n) is 8.01. The van der Waals surface area contributed by atoms with Crippen LogP contribution in [0.2, 0.25) is 0 Å². The average molecular weight is 355 g/mol. The summed E-state index contributed by atoms with van der Waals surface area (Å²) in [6.07, 6.45) is -2.37. The van der Waals surface area contributed by atoms with Crippen LogP contribution in [0.4, 0.5) is 24.8 Å². The number of nitrogens with one attached hydrogen (secondary N) is 1. The Balaban J connectivity index is 2.16. The molecule has 0 atom stereocenters. The fourth-order valence-electron chi connectivity index (χ4n) is 1.91. The van der Waals surface area contributed by atoms with E-state index < -0.39 is 17.6 Å². The highest BCUT2D eigenvalue weighted by molar-refractivity contribution is 5.55. The van der Waals surface area contributed by atoms with Gasteiger partial charge in [0.25, 0.3) is 0 Å². The van der Waals surface area contributed by atoms with Crippen LogP contribution < -0.4 is 14.8 Å². The highest BCUT2D eigenvalue weighted by atomic mass is 19.4. The molecule has 2 aromatic rings. The molecule has 0 aliphatic heterocycles. The third kappa shape index (κ3) is 5.51. The zero-order valence-electron chi connectivity index (χ0n) is 14.1. The summed E-state index contributed by atoms with van der Waals surface area (Å²) in [5, 5.41) is 2.86. The van der Waals surface area contributed by atoms with Gasteiger partial charge >= 0.3 is 6.18 Å². The fraction of sp³-hybridized carbons (Fsp3) is 0.412. The Labute approximate surface area is 144 Å². The molecule has 5 nitrogen and oxygen atoms in total. The molecule has 0 unspecified atom stereocenters. The predicted molar refractivity (Wildman–Crippen MR) is 88.3 cm³/mol. The quantitative estimate of drug-likeness (QED) is 0.736. The summed E-state index contributed by atoms with van der Waals surface area (Å²) in [6, 6.07) is 6.99. The van der Waals surface area contributed by atoms with Crippen LogP contribution in [0.25, 0.3) is 0 Å². The van der Waals surface area contributed by atoms with Crippen molar-refractivity contribution in [2.45, 2.75) is 32.9 Å². The second-order valence-corrected chi connectivity index (χ2v) is 5.26. The first-order valence-corrected chi connectivity index (χ1v) is 8.01. The monoisotopic (exact) mass is 355 g/mol. The van der Waals surface area contributed by atoms with Gasteiger partial charge in [-0.25, -0.2) is 4.98 Å². The molecule has 0 saturated carbocycles. The van der Waals surface area contributed by atoms with Gasteiger partial charge in [0.15, 0.2) is 0 Å². The molecule has 0 amide bonds. The Hall–Kier alpha value is -2.51. The molecule has 0 bridgehead atoms. The van der Waals surface area contributed by atoms with E-state index in [0.29, 0.717) is 24.5 Å². The summed E-state index contributed by atoms with van der Waals surface area (Å²) in [4.78, 5) is 7.58. The maximum atomic E-state index is 13.0. The molecular formula is C17H20F3N3O2. The molecule has 1 heterocycles. The summed E-state index contributed by atoms with van der Waals surface area (Å²) in [5.74, 6) is 0.267. The largest absolute Gasteiger partial charge is 0.494 e. The van der Waals surface area contributed by atoms with Gasteiger partial charge in [-0.3, -0.25) is 0 Å². The number of hydrogen-bond acceptors (Lipinski definition) is 5. The molecule has 8 heteroatoms. The molecule has 0 aliphatic rings. The zero-order chi connectivity index (χ0) is 18.3. The minimum Gasteiger partial charge on any atom is -0.494 e. The molecule has 0 aliphatic carbocycles. The first-order chi connectivity index (χ1) is 11.9. The standard InChI is InChI=1S/C17H20F3N3O2/c1-3-9-24-13-7-5-12(6-8-13)22-16-21-11-14(17(18,19)20)15(23-16)25-10-4-2/h5-8,11H,3-4,9-10H2,1-2H3,(H,21,22,23). The van der Waals surface area contributed by atoms with Crippen LogP contribution in [0.3, 0.4) is 0 Å². The van der Waals surface area contributed by atoms with E-state index in [-0.39, 0.29) is 12.6 Å². The highest BCUT2D eigenvalue weighted by Crippen LogP contribution is 2.35. The number of rotatable bonds is 8. The number of hydrogen-bond donors (Lipinski definition) is 1. The van der Waals surface area contributed by atoms with Crippen LogP contribution in [0.15, 0.2) is 30.5 Å². The van der Waals surface area contributed by atoms with Crippen molar-refractivity contribution in [3.05, 3.63) is 36.0 Å². The summed E-state index contributed by atoms with van der Waals surface area (Å²) < 4.78 is 49.6. The normalized spacial score (nSPS) is 11.2. The van der Waals surface area contributed by atoms with E-state index in [1.807, 2.05) is 6.92 Å². The van der Waals surface area contributed by atoms with Gasteiger partial charge in [-0.15, -0.1) is 0 Å². The molecule has 2 rings (SSSR count). The van der Waals surface area contributed by atoms with Crippen molar-refractivity contribution in [3.8, 4) is 11.6 Å². The van der Waals surface area contributed by atoms with E-state index in [2.05, 4.69) is 15.3 Å². The minimum atomic E-state index is -4.57. The van der Waals surface area contributed by atoms with Crippen molar-refractivity contribution < 1.29 is 22.6 Å². The van der Waals surface area contributed by atoms with Gasteiger partial charge in [-0.2, -0.15) is 18.2 Å². The lowest BCUT2D eigenvalue weighted by Crippen LogP contribution is -2.12. The van der Waals surface area contributed by atoms with Gasteiger partial charge in [0.2, 0.25) is 11.8 Å². The second kappa shape index (κ2) is 8.55. The summed E-state index contributed by atoms with van der Waals surface area (Å²) in [6.45, 7) is 4.57. The second-order valence-electron chi connectivity index (χ2n) is 5.26.